The highest BCUT2D eigenvalue weighted by Crippen LogP contribution is 2.34. The van der Waals surface area contributed by atoms with Crippen molar-refractivity contribution in [1.82, 2.24) is 9.88 Å². The fourth-order valence-corrected chi connectivity index (χ4v) is 4.04. The summed E-state index contributed by atoms with van der Waals surface area (Å²) in [5.41, 5.74) is 0.785. The first kappa shape index (κ1) is 19.6. The van der Waals surface area contributed by atoms with E-state index in [0.29, 0.717) is 37.0 Å². The molecule has 154 valence electrons. The number of nitrogens with zero attached hydrogens (tertiary/aromatic N) is 4. The summed E-state index contributed by atoms with van der Waals surface area (Å²) >= 11 is 6.07. The topological polar surface area (TPSA) is 58.1 Å². The number of hydrogen-bond donors (Lipinski definition) is 0. The first-order valence-corrected chi connectivity index (χ1v) is 10.3. The third kappa shape index (κ3) is 4.19. The molecule has 1 aromatic heterocycles. The number of hydrogen-bond acceptors (Lipinski definition) is 5. The van der Waals surface area contributed by atoms with Crippen LogP contribution in [0.25, 0.3) is 0 Å². The van der Waals surface area contributed by atoms with Crippen molar-refractivity contribution in [1.29, 1.82) is 0 Å². The number of halogens is 1. The Kier molecular flexibility index (Phi) is 5.94. The molecule has 1 fully saturated rings. The second kappa shape index (κ2) is 8.78. The van der Waals surface area contributed by atoms with Gasteiger partial charge in [0, 0.05) is 43.5 Å². The van der Waals surface area contributed by atoms with Gasteiger partial charge < -0.3 is 19.3 Å². The molecule has 0 radical (unpaired) electrons. The number of anilines is 2. The summed E-state index contributed by atoms with van der Waals surface area (Å²) in [6, 6.07) is 9.25. The van der Waals surface area contributed by atoms with E-state index in [2.05, 4.69) is 9.88 Å². The third-order valence-electron chi connectivity index (χ3n) is 5.27. The lowest BCUT2D eigenvalue weighted by atomic mass is 10.2. The summed E-state index contributed by atoms with van der Waals surface area (Å²) in [6.45, 7) is 4.07. The molecule has 29 heavy (non-hydrogen) atoms. The molecule has 1 saturated heterocycles. The molecule has 8 heteroatoms. The molecule has 0 bridgehead atoms. The maximum absolute atomic E-state index is 13.2. The van der Waals surface area contributed by atoms with Crippen LogP contribution in [-0.2, 0) is 0 Å². The van der Waals surface area contributed by atoms with E-state index in [9.17, 15) is 4.79 Å². The molecule has 2 aliphatic rings. The number of carbonyl (C=O) groups excluding carboxylic acids is 1. The number of carbonyl (C=O) groups is 1. The van der Waals surface area contributed by atoms with Gasteiger partial charge >= 0.3 is 6.03 Å². The average Bonchev–Trinajstić information content (AvgIpc) is 2.72. The second-order valence-corrected chi connectivity index (χ2v) is 7.54. The minimum Gasteiger partial charge on any atom is -0.493 e. The predicted octanol–water partition coefficient (Wildman–Crippen LogP) is 3.66. The van der Waals surface area contributed by atoms with E-state index in [1.807, 2.05) is 23.1 Å². The van der Waals surface area contributed by atoms with Gasteiger partial charge in [0.25, 0.3) is 0 Å². The number of amides is 2. The summed E-state index contributed by atoms with van der Waals surface area (Å²) in [4.78, 5) is 23.7. The van der Waals surface area contributed by atoms with Crippen LogP contribution in [0.1, 0.15) is 12.8 Å². The Labute approximate surface area is 175 Å². The quantitative estimate of drug-likeness (QED) is 0.747. The van der Waals surface area contributed by atoms with Crippen LogP contribution in [0.4, 0.5) is 16.3 Å². The minimum atomic E-state index is 0.0285. The molecule has 2 aliphatic heterocycles. The van der Waals surface area contributed by atoms with Crippen LogP contribution in [0.3, 0.4) is 0 Å². The Bertz CT molecular complexity index is 869. The van der Waals surface area contributed by atoms with Gasteiger partial charge in [-0.05, 0) is 37.1 Å². The SMILES string of the molecule is COc1cccnc1N1CCCN(C(=O)N2CCOc3cc(Cl)ccc32)CCC1. The molecule has 0 spiro atoms. The van der Waals surface area contributed by atoms with Gasteiger partial charge in [0.05, 0.1) is 19.3 Å². The molecule has 2 aromatic rings. The van der Waals surface area contributed by atoms with Crippen molar-refractivity contribution >= 4 is 29.1 Å². The van der Waals surface area contributed by atoms with Crippen LogP contribution >= 0.6 is 11.6 Å². The Hall–Kier alpha value is -2.67. The Balaban J connectivity index is 1.43. The molecular formula is C21H25ClN4O3. The van der Waals surface area contributed by atoms with Gasteiger partial charge in [-0.25, -0.2) is 9.78 Å². The lowest BCUT2D eigenvalue weighted by Gasteiger charge is -2.36. The number of aromatic nitrogens is 1. The van der Waals surface area contributed by atoms with Gasteiger partial charge in [0.2, 0.25) is 0 Å². The maximum Gasteiger partial charge on any atom is 0.324 e. The monoisotopic (exact) mass is 416 g/mol. The van der Waals surface area contributed by atoms with Crippen molar-refractivity contribution in [3.8, 4) is 11.5 Å². The first-order chi connectivity index (χ1) is 14.2. The highest BCUT2D eigenvalue weighted by atomic mass is 35.5. The molecule has 1 aromatic carbocycles. The minimum absolute atomic E-state index is 0.0285. The molecule has 4 rings (SSSR count). The molecule has 0 saturated carbocycles. The van der Waals surface area contributed by atoms with Crippen molar-refractivity contribution in [3.63, 3.8) is 0 Å². The molecule has 0 aliphatic carbocycles. The molecule has 0 unspecified atom stereocenters. The number of pyridine rings is 1. The van der Waals surface area contributed by atoms with Crippen LogP contribution in [0.2, 0.25) is 5.02 Å². The maximum atomic E-state index is 13.2. The van der Waals surface area contributed by atoms with Crippen molar-refractivity contribution in [3.05, 3.63) is 41.6 Å². The largest absolute Gasteiger partial charge is 0.493 e. The smallest absolute Gasteiger partial charge is 0.324 e. The molecule has 2 amide bonds. The Morgan fingerprint density at radius 1 is 1.14 bits per heavy atom. The van der Waals surface area contributed by atoms with Crippen molar-refractivity contribution in [2.75, 3.05) is 56.2 Å². The van der Waals surface area contributed by atoms with Crippen molar-refractivity contribution in [2.24, 2.45) is 0 Å². The van der Waals surface area contributed by atoms with Crippen LogP contribution in [0.15, 0.2) is 36.5 Å². The summed E-state index contributed by atoms with van der Waals surface area (Å²) in [5.74, 6) is 2.32. The predicted molar refractivity (Wildman–Crippen MR) is 113 cm³/mol. The van der Waals surface area contributed by atoms with Gasteiger partial charge in [-0.2, -0.15) is 0 Å². The zero-order valence-corrected chi connectivity index (χ0v) is 17.3. The standard InChI is InChI=1S/C21H25ClN4O3/c1-28-18-5-2-8-23-20(18)24-9-3-11-25(12-4-10-24)21(27)26-13-14-29-19-15-16(22)6-7-17(19)26/h2,5-8,15H,3-4,9-14H2,1H3. The van der Waals surface area contributed by atoms with E-state index < -0.39 is 0 Å². The summed E-state index contributed by atoms with van der Waals surface area (Å²) in [5, 5.41) is 0.606. The number of ether oxygens (including phenoxy) is 2. The van der Waals surface area contributed by atoms with E-state index in [0.717, 1.165) is 43.2 Å². The van der Waals surface area contributed by atoms with Gasteiger partial charge in [-0.3, -0.25) is 4.90 Å². The van der Waals surface area contributed by atoms with Gasteiger partial charge in [0.15, 0.2) is 11.6 Å². The molecule has 0 N–H and O–H groups in total. The number of benzene rings is 1. The van der Waals surface area contributed by atoms with Crippen LogP contribution in [0, 0.1) is 0 Å². The zero-order chi connectivity index (χ0) is 20.2. The lowest BCUT2D eigenvalue weighted by Crippen LogP contribution is -2.49. The van der Waals surface area contributed by atoms with Gasteiger partial charge in [-0.1, -0.05) is 11.6 Å². The van der Waals surface area contributed by atoms with E-state index in [4.69, 9.17) is 21.1 Å². The number of fused-ring (bicyclic) bond motifs is 1. The normalized spacial score (nSPS) is 17.1. The molecule has 3 heterocycles. The van der Waals surface area contributed by atoms with Crippen molar-refractivity contribution < 1.29 is 14.3 Å². The third-order valence-corrected chi connectivity index (χ3v) is 5.50. The Morgan fingerprint density at radius 2 is 1.93 bits per heavy atom. The number of methoxy groups -OCH3 is 1. The highest BCUT2D eigenvalue weighted by Gasteiger charge is 2.28. The van der Waals surface area contributed by atoms with Gasteiger partial charge in [0.1, 0.15) is 12.4 Å². The first-order valence-electron chi connectivity index (χ1n) is 9.90. The van der Waals surface area contributed by atoms with E-state index in [1.54, 1.807) is 30.3 Å². The van der Waals surface area contributed by atoms with Gasteiger partial charge in [-0.15, -0.1) is 0 Å². The zero-order valence-electron chi connectivity index (χ0n) is 16.5. The van der Waals surface area contributed by atoms with E-state index in [1.165, 1.54) is 0 Å². The molecular weight excluding hydrogens is 392 g/mol. The molecule has 7 nitrogen and oxygen atoms in total. The fraction of sp³-hybridized carbons (Fsp3) is 0.429. The lowest BCUT2D eigenvalue weighted by molar-refractivity contribution is 0.197. The van der Waals surface area contributed by atoms with Crippen molar-refractivity contribution in [2.45, 2.75) is 12.8 Å². The summed E-state index contributed by atoms with van der Waals surface area (Å²) < 4.78 is 11.1. The van der Waals surface area contributed by atoms with E-state index in [-0.39, 0.29) is 6.03 Å². The highest BCUT2D eigenvalue weighted by molar-refractivity contribution is 6.30. The molecule has 0 atom stereocenters. The number of urea groups is 1. The van der Waals surface area contributed by atoms with Crippen LogP contribution in [0.5, 0.6) is 11.5 Å². The Morgan fingerprint density at radius 3 is 2.69 bits per heavy atom. The average molecular weight is 417 g/mol. The fourth-order valence-electron chi connectivity index (χ4n) is 3.87. The van der Waals surface area contributed by atoms with Crippen LogP contribution < -0.4 is 19.3 Å². The summed E-state index contributed by atoms with van der Waals surface area (Å²) in [6.07, 6.45) is 3.52. The van der Waals surface area contributed by atoms with Crippen LogP contribution in [-0.4, -0.2) is 62.4 Å². The van der Waals surface area contributed by atoms with E-state index >= 15 is 0 Å². The second-order valence-electron chi connectivity index (χ2n) is 7.11. The summed E-state index contributed by atoms with van der Waals surface area (Å²) in [7, 11) is 1.66. The number of rotatable bonds is 2.